The molecule has 6 unspecified atom stereocenters. The Balaban J connectivity index is 1.50. The molecule has 0 bridgehead atoms. The molecule has 0 radical (unpaired) electrons. The highest BCUT2D eigenvalue weighted by Crippen LogP contribution is 2.66. The fourth-order valence-electron chi connectivity index (χ4n) is 7.91. The lowest BCUT2D eigenvalue weighted by atomic mass is 9.44. The first kappa shape index (κ1) is 24.7. The predicted octanol–water partition coefficient (Wildman–Crippen LogP) is 9.84. The van der Waals surface area contributed by atoms with E-state index >= 15 is 0 Å². The normalized spacial score (nSPS) is 36.1. The maximum Gasteiger partial charge on any atom is -0.000534 e. The van der Waals surface area contributed by atoms with Gasteiger partial charge in [-0.25, -0.2) is 0 Å². The zero-order valence-electron chi connectivity index (χ0n) is 22.0. The molecule has 0 N–H and O–H groups in total. The van der Waals surface area contributed by atoms with Crippen LogP contribution in [0.4, 0.5) is 0 Å². The summed E-state index contributed by atoms with van der Waals surface area (Å²) in [5.41, 5.74) is 4.89. The van der Waals surface area contributed by atoms with Crippen molar-refractivity contribution in [2.24, 2.45) is 28.1 Å². The van der Waals surface area contributed by atoms with Crippen molar-refractivity contribution >= 4 is 11.8 Å². The number of benzene rings is 1. The molecular weight excluding hydrogens is 404 g/mol. The molecule has 1 aliphatic heterocycles. The molecule has 4 rings (SSSR count). The number of thioether (sulfide) groups is 1. The summed E-state index contributed by atoms with van der Waals surface area (Å²) in [6, 6.07) is 9.88. The molecule has 180 valence electrons. The Labute approximate surface area is 204 Å². The molecule has 1 aromatic rings. The van der Waals surface area contributed by atoms with E-state index in [9.17, 15) is 0 Å². The number of rotatable bonds is 9. The second-order valence-electron chi connectivity index (χ2n) is 13.0. The largest absolute Gasteiger partial charge is 0.161 e. The SMILES string of the molecule is CCCC(C)C1(C)CCCCC1C1(C)CCC1c1cccc(C(C)CCC2(C)CSC2)c1. The minimum absolute atomic E-state index is 0.496. The van der Waals surface area contributed by atoms with E-state index < -0.39 is 0 Å². The van der Waals surface area contributed by atoms with Gasteiger partial charge in [0.1, 0.15) is 0 Å². The second-order valence-corrected chi connectivity index (χ2v) is 14.0. The summed E-state index contributed by atoms with van der Waals surface area (Å²) in [6.07, 6.45) is 14.1. The van der Waals surface area contributed by atoms with Crippen molar-refractivity contribution in [1.82, 2.24) is 0 Å². The van der Waals surface area contributed by atoms with Gasteiger partial charge >= 0.3 is 0 Å². The summed E-state index contributed by atoms with van der Waals surface area (Å²) < 4.78 is 0. The molecule has 6 atom stereocenters. The van der Waals surface area contributed by atoms with E-state index in [1.165, 1.54) is 75.7 Å². The molecule has 0 amide bonds. The van der Waals surface area contributed by atoms with Gasteiger partial charge in [-0.3, -0.25) is 0 Å². The van der Waals surface area contributed by atoms with Crippen LogP contribution < -0.4 is 0 Å². The third kappa shape index (κ3) is 4.58. The van der Waals surface area contributed by atoms with E-state index in [2.05, 4.69) is 77.6 Å². The molecule has 2 saturated carbocycles. The molecule has 2 aliphatic carbocycles. The highest BCUT2D eigenvalue weighted by Gasteiger charge is 2.56. The molecule has 32 heavy (non-hydrogen) atoms. The van der Waals surface area contributed by atoms with E-state index in [-0.39, 0.29) is 0 Å². The molecule has 0 nitrogen and oxygen atoms in total. The first-order valence-electron chi connectivity index (χ1n) is 13.9. The van der Waals surface area contributed by atoms with E-state index in [1.807, 2.05) is 0 Å². The van der Waals surface area contributed by atoms with Gasteiger partial charge in [-0.05, 0) is 101 Å². The van der Waals surface area contributed by atoms with Gasteiger partial charge in [-0.1, -0.05) is 91.5 Å². The van der Waals surface area contributed by atoms with Crippen LogP contribution in [0.25, 0.3) is 0 Å². The molecule has 1 heteroatoms. The second kappa shape index (κ2) is 9.67. The molecule has 0 aromatic heterocycles. The molecule has 1 heterocycles. The topological polar surface area (TPSA) is 0 Å². The van der Waals surface area contributed by atoms with Crippen LogP contribution in [-0.2, 0) is 0 Å². The zero-order valence-corrected chi connectivity index (χ0v) is 22.8. The summed E-state index contributed by atoms with van der Waals surface area (Å²) in [5.74, 6) is 5.95. The van der Waals surface area contributed by atoms with E-state index in [0.29, 0.717) is 22.2 Å². The lowest BCUT2D eigenvalue weighted by molar-refractivity contribution is -0.0882. The van der Waals surface area contributed by atoms with Crippen LogP contribution in [0.5, 0.6) is 0 Å². The maximum absolute atomic E-state index is 2.68. The van der Waals surface area contributed by atoms with Gasteiger partial charge in [-0.15, -0.1) is 0 Å². The predicted molar refractivity (Wildman–Crippen MR) is 144 cm³/mol. The summed E-state index contributed by atoms with van der Waals surface area (Å²) in [7, 11) is 0. The van der Waals surface area contributed by atoms with Gasteiger partial charge in [0, 0.05) is 0 Å². The van der Waals surface area contributed by atoms with Crippen molar-refractivity contribution in [3.8, 4) is 0 Å². The monoisotopic (exact) mass is 454 g/mol. The first-order valence-corrected chi connectivity index (χ1v) is 15.0. The minimum Gasteiger partial charge on any atom is -0.161 e. The average molecular weight is 455 g/mol. The van der Waals surface area contributed by atoms with E-state index in [0.717, 1.165) is 17.8 Å². The Morgan fingerprint density at radius 3 is 2.41 bits per heavy atom. The van der Waals surface area contributed by atoms with Crippen LogP contribution in [0.3, 0.4) is 0 Å². The minimum atomic E-state index is 0.496. The molecule has 1 saturated heterocycles. The van der Waals surface area contributed by atoms with Crippen LogP contribution >= 0.6 is 11.8 Å². The average Bonchev–Trinajstić information content (AvgIpc) is 2.75. The van der Waals surface area contributed by atoms with Crippen LogP contribution in [0, 0.1) is 28.1 Å². The Morgan fingerprint density at radius 1 is 1.00 bits per heavy atom. The van der Waals surface area contributed by atoms with E-state index in [1.54, 1.807) is 11.1 Å². The maximum atomic E-state index is 2.68. The molecule has 1 aromatic carbocycles. The summed E-state index contributed by atoms with van der Waals surface area (Å²) in [5, 5.41) is 0. The lowest BCUT2D eigenvalue weighted by Gasteiger charge is -2.61. The van der Waals surface area contributed by atoms with E-state index in [4.69, 9.17) is 0 Å². The highest BCUT2D eigenvalue weighted by molar-refractivity contribution is 8.00. The molecule has 0 spiro atoms. The van der Waals surface area contributed by atoms with Crippen molar-refractivity contribution in [2.45, 2.75) is 118 Å². The quantitative estimate of drug-likeness (QED) is 0.357. The Morgan fingerprint density at radius 2 is 1.78 bits per heavy atom. The van der Waals surface area contributed by atoms with Crippen molar-refractivity contribution in [1.29, 1.82) is 0 Å². The van der Waals surface area contributed by atoms with Crippen molar-refractivity contribution in [2.75, 3.05) is 11.5 Å². The number of hydrogen-bond donors (Lipinski definition) is 0. The molecular formula is C31H50S. The third-order valence-electron chi connectivity index (χ3n) is 10.6. The Kier molecular flexibility index (Phi) is 7.46. The summed E-state index contributed by atoms with van der Waals surface area (Å²) in [4.78, 5) is 0. The zero-order chi connectivity index (χ0) is 23.0. The van der Waals surface area contributed by atoms with Gasteiger partial charge in [0.05, 0.1) is 0 Å². The standard InChI is InChI=1S/C31H50S/c1-7-11-24(3)30(5)17-9-8-14-28(30)31(6)19-16-27(31)26-13-10-12-25(20-26)23(2)15-18-29(4)21-32-22-29/h10,12-13,20,23-24,27-28H,7-9,11,14-19,21-22H2,1-6H3. The van der Waals surface area contributed by atoms with Crippen LogP contribution in [-0.4, -0.2) is 11.5 Å². The van der Waals surface area contributed by atoms with Gasteiger partial charge in [-0.2, -0.15) is 11.8 Å². The van der Waals surface area contributed by atoms with Gasteiger partial charge in [0.25, 0.3) is 0 Å². The van der Waals surface area contributed by atoms with Gasteiger partial charge < -0.3 is 0 Å². The Bertz CT molecular complexity index is 763. The summed E-state index contributed by atoms with van der Waals surface area (Å²) in [6.45, 7) is 15.3. The third-order valence-corrected chi connectivity index (χ3v) is 12.4. The van der Waals surface area contributed by atoms with Gasteiger partial charge in [0.15, 0.2) is 0 Å². The smallest absolute Gasteiger partial charge is 0.000534 e. The first-order chi connectivity index (χ1) is 15.2. The molecule has 3 fully saturated rings. The van der Waals surface area contributed by atoms with Crippen LogP contribution in [0.2, 0.25) is 0 Å². The fraction of sp³-hybridized carbons (Fsp3) is 0.806. The van der Waals surface area contributed by atoms with Crippen LogP contribution in [0.1, 0.15) is 129 Å². The van der Waals surface area contributed by atoms with Crippen molar-refractivity contribution in [3.05, 3.63) is 35.4 Å². The number of hydrogen-bond acceptors (Lipinski definition) is 1. The van der Waals surface area contributed by atoms with Crippen molar-refractivity contribution < 1.29 is 0 Å². The van der Waals surface area contributed by atoms with Crippen LogP contribution in [0.15, 0.2) is 24.3 Å². The lowest BCUT2D eigenvalue weighted by Crippen LogP contribution is -2.52. The molecule has 3 aliphatic rings. The van der Waals surface area contributed by atoms with Gasteiger partial charge in [0.2, 0.25) is 0 Å². The summed E-state index contributed by atoms with van der Waals surface area (Å²) >= 11 is 2.13. The highest BCUT2D eigenvalue weighted by atomic mass is 32.2. The van der Waals surface area contributed by atoms with Crippen molar-refractivity contribution in [3.63, 3.8) is 0 Å². The fourth-order valence-corrected chi connectivity index (χ4v) is 9.10. The Hall–Kier alpha value is -0.430.